The van der Waals surface area contributed by atoms with E-state index in [9.17, 15) is 9.90 Å². The van der Waals surface area contributed by atoms with Crippen LogP contribution in [0.4, 0.5) is 0 Å². The quantitative estimate of drug-likeness (QED) is 0.881. The second-order valence-corrected chi connectivity index (χ2v) is 6.44. The summed E-state index contributed by atoms with van der Waals surface area (Å²) in [5.41, 5.74) is -0.442. The third-order valence-electron chi connectivity index (χ3n) is 3.36. The van der Waals surface area contributed by atoms with Crippen LogP contribution in [0.1, 0.15) is 37.5 Å². The van der Waals surface area contributed by atoms with Gasteiger partial charge in [0.1, 0.15) is 5.60 Å². The predicted octanol–water partition coefficient (Wildman–Crippen LogP) is 3.57. The van der Waals surface area contributed by atoms with Crippen molar-refractivity contribution < 1.29 is 14.6 Å². The molecule has 0 spiro atoms. The number of rotatable bonds is 3. The molecule has 0 fully saturated rings. The number of ether oxygens (including phenoxy) is 1. The zero-order valence-corrected chi connectivity index (χ0v) is 13.5. The molecule has 116 valence electrons. The van der Waals surface area contributed by atoms with Crippen molar-refractivity contribution in [1.29, 1.82) is 0 Å². The average Bonchev–Trinajstić information content (AvgIpc) is 2.46. The summed E-state index contributed by atoms with van der Waals surface area (Å²) in [6, 6.07) is 16.1. The van der Waals surface area contributed by atoms with Crippen LogP contribution in [0.25, 0.3) is 0 Å². The van der Waals surface area contributed by atoms with Crippen LogP contribution in [0.15, 0.2) is 54.6 Å². The highest BCUT2D eigenvalue weighted by atomic mass is 16.6. The van der Waals surface area contributed by atoms with Crippen LogP contribution in [0, 0.1) is 6.92 Å². The Hall–Kier alpha value is -2.13. The molecule has 0 aliphatic carbocycles. The van der Waals surface area contributed by atoms with E-state index in [0.29, 0.717) is 11.1 Å². The van der Waals surface area contributed by atoms with Gasteiger partial charge in [0.05, 0.1) is 0 Å². The molecule has 0 saturated carbocycles. The average molecular weight is 298 g/mol. The number of hydrogen-bond donors (Lipinski definition) is 1. The molecule has 0 aromatic heterocycles. The number of aryl methyl sites for hydroxylation is 1. The second-order valence-electron chi connectivity index (χ2n) is 6.44. The van der Waals surface area contributed by atoms with Crippen LogP contribution in [-0.2, 0) is 15.1 Å². The first-order chi connectivity index (χ1) is 10.2. The Labute approximate surface area is 131 Å². The Balaban J connectivity index is 2.54. The van der Waals surface area contributed by atoms with Crippen molar-refractivity contribution in [2.45, 2.75) is 38.9 Å². The molecule has 1 N–H and O–H groups in total. The minimum Gasteiger partial charge on any atom is -0.457 e. The minimum atomic E-state index is -1.82. The molecule has 2 aromatic rings. The highest BCUT2D eigenvalue weighted by Crippen LogP contribution is 2.32. The van der Waals surface area contributed by atoms with Crippen molar-refractivity contribution in [3.63, 3.8) is 0 Å². The lowest BCUT2D eigenvalue weighted by molar-refractivity contribution is -0.173. The van der Waals surface area contributed by atoms with Crippen LogP contribution in [0.3, 0.4) is 0 Å². The lowest BCUT2D eigenvalue weighted by Gasteiger charge is -2.31. The summed E-state index contributed by atoms with van der Waals surface area (Å²) < 4.78 is 5.45. The molecule has 2 aromatic carbocycles. The number of benzene rings is 2. The highest BCUT2D eigenvalue weighted by Gasteiger charge is 2.43. The van der Waals surface area contributed by atoms with Crippen LogP contribution >= 0.6 is 0 Å². The molecule has 0 aliphatic heterocycles. The van der Waals surface area contributed by atoms with Gasteiger partial charge in [0.25, 0.3) is 0 Å². The van der Waals surface area contributed by atoms with E-state index in [0.717, 1.165) is 5.56 Å². The van der Waals surface area contributed by atoms with Gasteiger partial charge in [-0.2, -0.15) is 0 Å². The topological polar surface area (TPSA) is 46.5 Å². The molecule has 2 rings (SSSR count). The van der Waals surface area contributed by atoms with E-state index in [4.69, 9.17) is 4.74 Å². The summed E-state index contributed by atoms with van der Waals surface area (Å²) >= 11 is 0. The van der Waals surface area contributed by atoms with E-state index >= 15 is 0 Å². The molecule has 0 amide bonds. The summed E-state index contributed by atoms with van der Waals surface area (Å²) in [4.78, 5) is 12.7. The Morgan fingerprint density at radius 3 is 1.91 bits per heavy atom. The van der Waals surface area contributed by atoms with Gasteiger partial charge in [0, 0.05) is 0 Å². The van der Waals surface area contributed by atoms with E-state index in [1.807, 2.05) is 25.1 Å². The highest BCUT2D eigenvalue weighted by molar-refractivity contribution is 5.85. The summed E-state index contributed by atoms with van der Waals surface area (Å²) in [5, 5.41) is 11.2. The van der Waals surface area contributed by atoms with E-state index in [-0.39, 0.29) is 0 Å². The fraction of sp³-hybridized carbons (Fsp3) is 0.316. The predicted molar refractivity (Wildman–Crippen MR) is 86.5 cm³/mol. The molecule has 0 heterocycles. The van der Waals surface area contributed by atoms with E-state index in [1.54, 1.807) is 57.2 Å². The van der Waals surface area contributed by atoms with Gasteiger partial charge in [0.15, 0.2) is 0 Å². The fourth-order valence-electron chi connectivity index (χ4n) is 2.23. The molecule has 3 heteroatoms. The molecular formula is C19H22O3. The first kappa shape index (κ1) is 16.2. The minimum absolute atomic E-state index is 0.494. The number of esters is 1. The fourth-order valence-corrected chi connectivity index (χ4v) is 2.23. The molecule has 0 saturated heterocycles. The smallest absolute Gasteiger partial charge is 0.348 e. The number of carbonyl (C=O) groups excluding carboxylic acids is 1. The maximum Gasteiger partial charge on any atom is 0.348 e. The zero-order chi connectivity index (χ0) is 16.4. The van der Waals surface area contributed by atoms with Crippen molar-refractivity contribution >= 4 is 5.97 Å². The molecule has 0 aliphatic rings. The monoisotopic (exact) mass is 298 g/mol. The molecule has 0 bridgehead atoms. The largest absolute Gasteiger partial charge is 0.457 e. The Morgan fingerprint density at radius 2 is 1.41 bits per heavy atom. The first-order valence-electron chi connectivity index (χ1n) is 7.32. The first-order valence-corrected chi connectivity index (χ1v) is 7.32. The number of carbonyl (C=O) groups is 1. The van der Waals surface area contributed by atoms with Gasteiger partial charge in [-0.05, 0) is 38.8 Å². The van der Waals surface area contributed by atoms with E-state index in [2.05, 4.69) is 0 Å². The maximum atomic E-state index is 12.7. The SMILES string of the molecule is Cc1ccc([C@@](O)(C(=O)OC(C)(C)C)c2ccccc2)cc1. The van der Waals surface area contributed by atoms with Crippen molar-refractivity contribution in [3.8, 4) is 0 Å². The van der Waals surface area contributed by atoms with Gasteiger partial charge >= 0.3 is 5.97 Å². The zero-order valence-electron chi connectivity index (χ0n) is 13.5. The van der Waals surface area contributed by atoms with Gasteiger partial charge in [-0.15, -0.1) is 0 Å². The van der Waals surface area contributed by atoms with Gasteiger partial charge in [0.2, 0.25) is 5.60 Å². The normalized spacial score (nSPS) is 14.2. The molecule has 1 atom stereocenters. The van der Waals surface area contributed by atoms with Gasteiger partial charge < -0.3 is 9.84 Å². The molecule has 3 nitrogen and oxygen atoms in total. The van der Waals surface area contributed by atoms with Crippen LogP contribution < -0.4 is 0 Å². The van der Waals surface area contributed by atoms with Crippen LogP contribution in [0.5, 0.6) is 0 Å². The van der Waals surface area contributed by atoms with E-state index < -0.39 is 17.2 Å². The summed E-state index contributed by atoms with van der Waals surface area (Å²) in [7, 11) is 0. The molecule has 0 radical (unpaired) electrons. The van der Waals surface area contributed by atoms with Crippen molar-refractivity contribution in [2.24, 2.45) is 0 Å². The Morgan fingerprint density at radius 1 is 0.909 bits per heavy atom. The van der Waals surface area contributed by atoms with Crippen LogP contribution in [0.2, 0.25) is 0 Å². The lowest BCUT2D eigenvalue weighted by atomic mass is 9.86. The van der Waals surface area contributed by atoms with Gasteiger partial charge in [-0.25, -0.2) is 4.79 Å². The Bertz CT molecular complexity index is 639. The maximum absolute atomic E-state index is 12.7. The number of hydrogen-bond acceptors (Lipinski definition) is 3. The van der Waals surface area contributed by atoms with Crippen molar-refractivity contribution in [3.05, 3.63) is 71.3 Å². The summed E-state index contributed by atoms with van der Waals surface area (Å²) in [5.74, 6) is -0.671. The summed E-state index contributed by atoms with van der Waals surface area (Å²) in [6.45, 7) is 7.31. The standard InChI is InChI=1S/C19H22O3/c1-14-10-12-16(13-11-14)19(21,15-8-6-5-7-9-15)17(20)22-18(2,3)4/h5-13,21H,1-4H3/t19-/m1/s1. The third kappa shape index (κ3) is 3.37. The molecule has 0 unspecified atom stereocenters. The molecule has 22 heavy (non-hydrogen) atoms. The van der Waals surface area contributed by atoms with Gasteiger partial charge in [-0.3, -0.25) is 0 Å². The van der Waals surface area contributed by atoms with Gasteiger partial charge in [-0.1, -0.05) is 60.2 Å². The van der Waals surface area contributed by atoms with Crippen molar-refractivity contribution in [2.75, 3.05) is 0 Å². The van der Waals surface area contributed by atoms with E-state index in [1.165, 1.54) is 0 Å². The lowest BCUT2D eigenvalue weighted by Crippen LogP contribution is -2.42. The second kappa shape index (κ2) is 5.93. The third-order valence-corrected chi connectivity index (χ3v) is 3.36. The molecular weight excluding hydrogens is 276 g/mol. The van der Waals surface area contributed by atoms with Crippen molar-refractivity contribution in [1.82, 2.24) is 0 Å². The summed E-state index contributed by atoms with van der Waals surface area (Å²) in [6.07, 6.45) is 0. The van der Waals surface area contributed by atoms with Crippen LogP contribution in [-0.4, -0.2) is 16.7 Å². The Kier molecular flexibility index (Phi) is 4.38. The number of aliphatic hydroxyl groups is 1.